The van der Waals surface area contributed by atoms with Crippen LogP contribution in [0.2, 0.25) is 0 Å². The van der Waals surface area contributed by atoms with Gasteiger partial charge in [0, 0.05) is 0 Å². The molecule has 0 amide bonds. The number of rotatable bonds is 9. The normalized spacial score (nSPS) is 11.4. The van der Waals surface area contributed by atoms with E-state index in [9.17, 15) is 13.2 Å². The van der Waals surface area contributed by atoms with E-state index in [0.29, 0.717) is 24.1 Å². The topological polar surface area (TPSA) is 100 Å². The molecular weight excluding hydrogens is 406 g/mol. The summed E-state index contributed by atoms with van der Waals surface area (Å²) in [5.41, 5.74) is 2.97. The molecule has 0 N–H and O–H groups in total. The van der Waals surface area contributed by atoms with Crippen LogP contribution in [-0.4, -0.2) is 43.1 Å². The first-order valence-corrected chi connectivity index (χ1v) is 10.9. The first-order chi connectivity index (χ1) is 14.4. The van der Waals surface area contributed by atoms with Gasteiger partial charge in [0.05, 0.1) is 41.8 Å². The molecule has 0 unspecified atom stereocenters. The van der Waals surface area contributed by atoms with Crippen LogP contribution < -0.4 is 0 Å². The largest absolute Gasteiger partial charge is 0.465 e. The summed E-state index contributed by atoms with van der Waals surface area (Å²) < 4.78 is 35.9. The highest BCUT2D eigenvalue weighted by Crippen LogP contribution is 2.15. The van der Waals surface area contributed by atoms with Crippen LogP contribution >= 0.6 is 0 Å². The summed E-state index contributed by atoms with van der Waals surface area (Å²) in [5.74, 6) is -0.405. The number of benzene rings is 2. The Morgan fingerprint density at radius 3 is 2.40 bits per heavy atom. The molecule has 8 nitrogen and oxygen atoms in total. The highest BCUT2D eigenvalue weighted by molar-refractivity contribution is 7.86. The van der Waals surface area contributed by atoms with Crippen molar-refractivity contribution < 1.29 is 22.1 Å². The van der Waals surface area contributed by atoms with Gasteiger partial charge in [0.1, 0.15) is 0 Å². The van der Waals surface area contributed by atoms with Gasteiger partial charge in [0.2, 0.25) is 0 Å². The summed E-state index contributed by atoms with van der Waals surface area (Å²) >= 11 is 0. The van der Waals surface area contributed by atoms with Crippen LogP contribution in [0.15, 0.2) is 59.6 Å². The van der Waals surface area contributed by atoms with E-state index in [1.807, 2.05) is 6.92 Å². The minimum Gasteiger partial charge on any atom is -0.465 e. The predicted molar refractivity (Wildman–Crippen MR) is 110 cm³/mol. The molecule has 0 atom stereocenters. The lowest BCUT2D eigenvalue weighted by Crippen LogP contribution is -2.08. The summed E-state index contributed by atoms with van der Waals surface area (Å²) in [4.78, 5) is 11.6. The molecule has 1 heterocycles. The van der Waals surface area contributed by atoms with Crippen LogP contribution in [0, 0.1) is 0 Å². The third-order valence-corrected chi connectivity index (χ3v) is 5.86. The van der Waals surface area contributed by atoms with Crippen LogP contribution in [-0.2, 0) is 31.9 Å². The van der Waals surface area contributed by atoms with E-state index in [1.54, 1.807) is 59.4 Å². The molecule has 0 spiro atoms. The Labute approximate surface area is 175 Å². The van der Waals surface area contributed by atoms with Gasteiger partial charge in [0.25, 0.3) is 10.1 Å². The number of aromatic nitrogens is 3. The first kappa shape index (κ1) is 21.7. The van der Waals surface area contributed by atoms with Crippen molar-refractivity contribution in [2.75, 3.05) is 13.7 Å². The highest BCUT2D eigenvalue weighted by atomic mass is 32.2. The van der Waals surface area contributed by atoms with E-state index in [-0.39, 0.29) is 11.5 Å². The molecule has 3 rings (SSSR count). The molecule has 2 aromatic carbocycles. The van der Waals surface area contributed by atoms with E-state index in [2.05, 4.69) is 15.0 Å². The molecule has 0 aliphatic heterocycles. The molecule has 0 saturated carbocycles. The number of methoxy groups -OCH3 is 1. The molecule has 3 aromatic rings. The number of nitrogens with zero attached hydrogens (tertiary/aromatic N) is 3. The second-order valence-electron chi connectivity index (χ2n) is 6.57. The fourth-order valence-electron chi connectivity index (χ4n) is 2.79. The average Bonchev–Trinajstić information content (AvgIpc) is 3.25. The monoisotopic (exact) mass is 429 g/mol. The van der Waals surface area contributed by atoms with Gasteiger partial charge < -0.3 is 4.74 Å². The van der Waals surface area contributed by atoms with Crippen molar-refractivity contribution in [2.24, 2.45) is 0 Å². The van der Waals surface area contributed by atoms with Crippen LogP contribution in [0.25, 0.3) is 5.69 Å². The van der Waals surface area contributed by atoms with Crippen molar-refractivity contribution in [3.63, 3.8) is 0 Å². The molecule has 0 bridgehead atoms. The number of esters is 1. The second-order valence-corrected chi connectivity index (χ2v) is 8.19. The fraction of sp³-hybridized carbons (Fsp3) is 0.286. The van der Waals surface area contributed by atoms with Crippen molar-refractivity contribution in [3.8, 4) is 5.69 Å². The molecule has 1 aromatic heterocycles. The summed E-state index contributed by atoms with van der Waals surface area (Å²) in [7, 11) is -2.44. The molecular formula is C21H23N3O5S. The first-order valence-electron chi connectivity index (χ1n) is 9.51. The maximum absolute atomic E-state index is 12.2. The van der Waals surface area contributed by atoms with Gasteiger partial charge in [-0.05, 0) is 61.2 Å². The van der Waals surface area contributed by atoms with Gasteiger partial charge >= 0.3 is 5.97 Å². The summed E-state index contributed by atoms with van der Waals surface area (Å²) in [5, 5.41) is 8.16. The summed E-state index contributed by atoms with van der Waals surface area (Å²) in [6, 6.07) is 13.5. The van der Waals surface area contributed by atoms with Gasteiger partial charge in [-0.1, -0.05) is 24.3 Å². The Morgan fingerprint density at radius 2 is 1.77 bits per heavy atom. The number of hydrogen-bond donors (Lipinski definition) is 0. The molecule has 30 heavy (non-hydrogen) atoms. The average molecular weight is 429 g/mol. The summed E-state index contributed by atoms with van der Waals surface area (Å²) in [6.07, 6.45) is 3.60. The highest BCUT2D eigenvalue weighted by Gasteiger charge is 2.15. The van der Waals surface area contributed by atoms with Crippen molar-refractivity contribution in [1.82, 2.24) is 15.0 Å². The Kier molecular flexibility index (Phi) is 6.96. The van der Waals surface area contributed by atoms with Crippen LogP contribution in [0.3, 0.4) is 0 Å². The van der Waals surface area contributed by atoms with Crippen LogP contribution in [0.5, 0.6) is 0 Å². The Bertz CT molecular complexity index is 1090. The van der Waals surface area contributed by atoms with E-state index < -0.39 is 16.1 Å². The third kappa shape index (κ3) is 5.31. The van der Waals surface area contributed by atoms with E-state index >= 15 is 0 Å². The lowest BCUT2D eigenvalue weighted by molar-refractivity contribution is 0.0600. The fourth-order valence-corrected chi connectivity index (χ4v) is 3.73. The Hall–Kier alpha value is -3.04. The SMILES string of the molecule is CCc1ccc(S(=O)(=O)OCCCc2cn(-c3ccc(C(=O)OC)cc3)nn2)cc1. The number of aryl methyl sites for hydroxylation is 2. The molecule has 0 saturated heterocycles. The number of ether oxygens (including phenoxy) is 1. The van der Waals surface area contributed by atoms with Crippen molar-refractivity contribution >= 4 is 16.1 Å². The Morgan fingerprint density at radius 1 is 1.07 bits per heavy atom. The smallest absolute Gasteiger partial charge is 0.337 e. The predicted octanol–water partition coefficient (Wildman–Crippen LogP) is 2.95. The second kappa shape index (κ2) is 9.64. The number of carbonyl (C=O) groups excluding carboxylic acids is 1. The summed E-state index contributed by atoms with van der Waals surface area (Å²) in [6.45, 7) is 2.06. The van der Waals surface area contributed by atoms with Crippen molar-refractivity contribution in [2.45, 2.75) is 31.1 Å². The van der Waals surface area contributed by atoms with Gasteiger partial charge in [-0.2, -0.15) is 8.42 Å². The lowest BCUT2D eigenvalue weighted by Gasteiger charge is -2.06. The lowest BCUT2D eigenvalue weighted by atomic mass is 10.2. The zero-order valence-corrected chi connectivity index (χ0v) is 17.6. The Balaban J connectivity index is 1.52. The molecule has 0 aliphatic rings. The van der Waals surface area contributed by atoms with Gasteiger partial charge in [-0.25, -0.2) is 9.48 Å². The quantitative estimate of drug-likeness (QED) is 0.293. The van der Waals surface area contributed by atoms with Crippen molar-refractivity contribution in [3.05, 3.63) is 71.5 Å². The molecule has 0 aliphatic carbocycles. The third-order valence-electron chi connectivity index (χ3n) is 4.53. The van der Waals surface area contributed by atoms with E-state index in [4.69, 9.17) is 4.18 Å². The number of hydrogen-bond acceptors (Lipinski definition) is 7. The maximum atomic E-state index is 12.2. The molecule has 158 valence electrons. The van der Waals surface area contributed by atoms with Crippen LogP contribution in [0.1, 0.15) is 35.0 Å². The standard InChI is InChI=1S/C21H23N3O5S/c1-3-16-6-12-20(13-7-16)30(26,27)29-14-4-5-18-15-24(23-22-18)19-10-8-17(9-11-19)21(25)28-2/h6-13,15H,3-5,14H2,1-2H3. The van der Waals surface area contributed by atoms with Gasteiger partial charge in [0.15, 0.2) is 0 Å². The molecule has 9 heteroatoms. The van der Waals surface area contributed by atoms with Gasteiger partial charge in [-0.15, -0.1) is 5.10 Å². The van der Waals surface area contributed by atoms with Crippen LogP contribution in [0.4, 0.5) is 0 Å². The zero-order chi connectivity index (χ0) is 21.6. The molecule has 0 radical (unpaired) electrons. The maximum Gasteiger partial charge on any atom is 0.337 e. The van der Waals surface area contributed by atoms with Crippen molar-refractivity contribution in [1.29, 1.82) is 0 Å². The van der Waals surface area contributed by atoms with E-state index in [0.717, 1.165) is 17.7 Å². The minimum atomic E-state index is -3.77. The molecule has 0 fully saturated rings. The zero-order valence-electron chi connectivity index (χ0n) is 16.8. The van der Waals surface area contributed by atoms with E-state index in [1.165, 1.54) is 7.11 Å². The minimum absolute atomic E-state index is 0.0541. The number of carbonyl (C=O) groups is 1. The van der Waals surface area contributed by atoms with Gasteiger partial charge in [-0.3, -0.25) is 4.18 Å².